The van der Waals surface area contributed by atoms with Crippen molar-refractivity contribution >= 4 is 5.95 Å². The zero-order valence-electron chi connectivity index (χ0n) is 12.7. The minimum atomic E-state index is 0.321. The molecular formula is C15H28N4. The fourth-order valence-corrected chi connectivity index (χ4v) is 3.04. The number of nitrogens with one attached hydrogen (secondary N) is 1. The van der Waals surface area contributed by atoms with Gasteiger partial charge in [0.15, 0.2) is 0 Å². The molecule has 0 spiro atoms. The van der Waals surface area contributed by atoms with Crippen molar-refractivity contribution in [3.63, 3.8) is 0 Å². The Morgan fingerprint density at radius 1 is 1.37 bits per heavy atom. The first kappa shape index (κ1) is 14.4. The molecule has 4 nitrogen and oxygen atoms in total. The number of likely N-dealkylation sites (N-methyl/N-ethyl adjacent to an activating group) is 1. The van der Waals surface area contributed by atoms with E-state index in [2.05, 4.69) is 47.0 Å². The normalized spacial score (nSPS) is 18.1. The van der Waals surface area contributed by atoms with E-state index in [0.717, 1.165) is 19.0 Å². The van der Waals surface area contributed by atoms with Crippen LogP contribution in [0.25, 0.3) is 0 Å². The summed E-state index contributed by atoms with van der Waals surface area (Å²) in [5.41, 5.74) is 0.321. The molecule has 1 aliphatic rings. The summed E-state index contributed by atoms with van der Waals surface area (Å²) >= 11 is 0. The molecule has 1 aromatic heterocycles. The van der Waals surface area contributed by atoms with E-state index in [4.69, 9.17) is 0 Å². The molecule has 1 aromatic rings. The van der Waals surface area contributed by atoms with Gasteiger partial charge in [-0.15, -0.1) is 0 Å². The topological polar surface area (TPSA) is 33.1 Å². The molecule has 0 bridgehead atoms. The molecule has 108 valence electrons. The second-order valence-corrected chi connectivity index (χ2v) is 5.98. The number of aryl methyl sites for hydroxylation is 1. The van der Waals surface area contributed by atoms with Crippen molar-refractivity contribution < 1.29 is 0 Å². The highest BCUT2D eigenvalue weighted by Gasteiger charge is 2.35. The lowest BCUT2D eigenvalue weighted by molar-refractivity contribution is 0.172. The molecule has 4 heteroatoms. The maximum absolute atomic E-state index is 4.45. The number of hydrogen-bond donors (Lipinski definition) is 1. The van der Waals surface area contributed by atoms with Crippen LogP contribution < -0.4 is 5.32 Å². The molecule has 1 heterocycles. The van der Waals surface area contributed by atoms with Crippen LogP contribution in [0.4, 0.5) is 5.95 Å². The van der Waals surface area contributed by atoms with Crippen LogP contribution in [0.2, 0.25) is 0 Å². The average molecular weight is 264 g/mol. The zero-order valence-corrected chi connectivity index (χ0v) is 12.7. The molecule has 0 saturated heterocycles. The standard InChI is InChI=1S/C15H28N4/c1-4-5-11-19-12-10-16-14(19)17-13-15(18(2)3)8-6-7-9-15/h10,12H,4-9,11,13H2,1-3H3,(H,16,17). The molecule has 1 fully saturated rings. The van der Waals surface area contributed by atoms with Gasteiger partial charge in [0.1, 0.15) is 0 Å². The van der Waals surface area contributed by atoms with E-state index in [0.29, 0.717) is 5.54 Å². The predicted octanol–water partition coefficient (Wildman–Crippen LogP) is 2.97. The third-order valence-corrected chi connectivity index (χ3v) is 4.53. The molecular weight excluding hydrogens is 236 g/mol. The molecule has 0 aliphatic heterocycles. The number of unbranched alkanes of at least 4 members (excludes halogenated alkanes) is 1. The highest BCUT2D eigenvalue weighted by atomic mass is 15.2. The van der Waals surface area contributed by atoms with Crippen molar-refractivity contribution in [1.29, 1.82) is 0 Å². The number of imidazole rings is 1. The second-order valence-electron chi connectivity index (χ2n) is 5.98. The summed E-state index contributed by atoms with van der Waals surface area (Å²) in [5, 5.41) is 3.58. The molecule has 0 unspecified atom stereocenters. The predicted molar refractivity (Wildman–Crippen MR) is 80.5 cm³/mol. The molecule has 0 amide bonds. The third-order valence-electron chi connectivity index (χ3n) is 4.53. The lowest BCUT2D eigenvalue weighted by atomic mass is 9.96. The Morgan fingerprint density at radius 2 is 2.11 bits per heavy atom. The second kappa shape index (κ2) is 6.42. The Labute approximate surface area is 117 Å². The Morgan fingerprint density at radius 3 is 2.74 bits per heavy atom. The minimum Gasteiger partial charge on any atom is -0.354 e. The Hall–Kier alpha value is -1.03. The first-order valence-electron chi connectivity index (χ1n) is 7.60. The summed E-state index contributed by atoms with van der Waals surface area (Å²) in [6.45, 7) is 4.29. The van der Waals surface area contributed by atoms with Gasteiger partial charge in [-0.1, -0.05) is 26.2 Å². The molecule has 2 rings (SSSR count). The Balaban J connectivity index is 1.95. The number of nitrogens with zero attached hydrogens (tertiary/aromatic N) is 3. The lowest BCUT2D eigenvalue weighted by Gasteiger charge is -2.36. The summed E-state index contributed by atoms with van der Waals surface area (Å²) in [4.78, 5) is 6.85. The van der Waals surface area contributed by atoms with Crippen molar-refractivity contribution in [1.82, 2.24) is 14.5 Å². The maximum Gasteiger partial charge on any atom is 0.202 e. The van der Waals surface area contributed by atoms with Gasteiger partial charge in [-0.3, -0.25) is 0 Å². The van der Waals surface area contributed by atoms with E-state index >= 15 is 0 Å². The largest absolute Gasteiger partial charge is 0.354 e. The average Bonchev–Trinajstić information content (AvgIpc) is 3.03. The van der Waals surface area contributed by atoms with E-state index in [1.807, 2.05) is 6.20 Å². The third kappa shape index (κ3) is 3.30. The molecule has 1 saturated carbocycles. The molecule has 0 radical (unpaired) electrons. The summed E-state index contributed by atoms with van der Waals surface area (Å²) < 4.78 is 2.24. The van der Waals surface area contributed by atoms with Crippen molar-refractivity contribution in [2.75, 3.05) is 26.0 Å². The molecule has 19 heavy (non-hydrogen) atoms. The van der Waals surface area contributed by atoms with Crippen LogP contribution in [0, 0.1) is 0 Å². The van der Waals surface area contributed by atoms with Crippen molar-refractivity contribution in [3.8, 4) is 0 Å². The van der Waals surface area contributed by atoms with E-state index in [-0.39, 0.29) is 0 Å². The van der Waals surface area contributed by atoms with Gasteiger partial charge in [0.05, 0.1) is 0 Å². The lowest BCUT2D eigenvalue weighted by Crippen LogP contribution is -2.47. The number of aromatic nitrogens is 2. The minimum absolute atomic E-state index is 0.321. The van der Waals surface area contributed by atoms with Crippen LogP contribution >= 0.6 is 0 Å². The fraction of sp³-hybridized carbons (Fsp3) is 0.800. The highest BCUT2D eigenvalue weighted by molar-refractivity contribution is 5.27. The monoisotopic (exact) mass is 264 g/mol. The van der Waals surface area contributed by atoms with Crippen LogP contribution in [0.5, 0.6) is 0 Å². The molecule has 1 N–H and O–H groups in total. The van der Waals surface area contributed by atoms with Crippen LogP contribution in [0.1, 0.15) is 45.4 Å². The van der Waals surface area contributed by atoms with Crippen LogP contribution in [0.3, 0.4) is 0 Å². The first-order chi connectivity index (χ1) is 9.18. The summed E-state index contributed by atoms with van der Waals surface area (Å²) in [6.07, 6.45) is 11.7. The summed E-state index contributed by atoms with van der Waals surface area (Å²) in [5.74, 6) is 1.03. The molecule has 0 aromatic carbocycles. The quantitative estimate of drug-likeness (QED) is 0.822. The first-order valence-corrected chi connectivity index (χ1v) is 7.60. The van der Waals surface area contributed by atoms with Gasteiger partial charge in [-0.05, 0) is 33.4 Å². The smallest absolute Gasteiger partial charge is 0.202 e. The van der Waals surface area contributed by atoms with Gasteiger partial charge in [0.2, 0.25) is 5.95 Å². The van der Waals surface area contributed by atoms with Gasteiger partial charge in [0, 0.05) is 31.0 Å². The van der Waals surface area contributed by atoms with Crippen molar-refractivity contribution in [3.05, 3.63) is 12.4 Å². The zero-order chi connectivity index (χ0) is 13.7. The van der Waals surface area contributed by atoms with E-state index < -0.39 is 0 Å². The Bertz CT molecular complexity index is 377. The number of hydrogen-bond acceptors (Lipinski definition) is 3. The fourth-order valence-electron chi connectivity index (χ4n) is 3.04. The highest BCUT2D eigenvalue weighted by Crippen LogP contribution is 2.33. The maximum atomic E-state index is 4.45. The Kier molecular flexibility index (Phi) is 4.86. The van der Waals surface area contributed by atoms with Gasteiger partial charge < -0.3 is 14.8 Å². The van der Waals surface area contributed by atoms with Gasteiger partial charge in [0.25, 0.3) is 0 Å². The van der Waals surface area contributed by atoms with Crippen LogP contribution in [-0.4, -0.2) is 40.6 Å². The van der Waals surface area contributed by atoms with E-state index in [1.165, 1.54) is 38.5 Å². The summed E-state index contributed by atoms with van der Waals surface area (Å²) in [7, 11) is 4.41. The van der Waals surface area contributed by atoms with E-state index in [9.17, 15) is 0 Å². The van der Waals surface area contributed by atoms with Gasteiger partial charge >= 0.3 is 0 Å². The number of rotatable bonds is 7. The van der Waals surface area contributed by atoms with Crippen molar-refractivity contribution in [2.24, 2.45) is 0 Å². The van der Waals surface area contributed by atoms with Gasteiger partial charge in [-0.25, -0.2) is 4.98 Å². The van der Waals surface area contributed by atoms with Crippen LogP contribution in [-0.2, 0) is 6.54 Å². The van der Waals surface area contributed by atoms with Crippen LogP contribution in [0.15, 0.2) is 12.4 Å². The molecule has 0 atom stereocenters. The summed E-state index contributed by atoms with van der Waals surface area (Å²) in [6, 6.07) is 0. The SMILES string of the molecule is CCCCn1ccnc1NCC1(N(C)C)CCCC1. The number of anilines is 1. The molecule has 1 aliphatic carbocycles. The van der Waals surface area contributed by atoms with Crippen molar-refractivity contribution in [2.45, 2.75) is 57.5 Å². The van der Waals surface area contributed by atoms with Gasteiger partial charge in [-0.2, -0.15) is 0 Å². The van der Waals surface area contributed by atoms with E-state index in [1.54, 1.807) is 0 Å².